The fourth-order valence-electron chi connectivity index (χ4n) is 3.77. The van der Waals surface area contributed by atoms with Crippen LogP contribution < -0.4 is 18.9 Å². The number of nitrogens with zero attached hydrogens (tertiary/aromatic N) is 1. The van der Waals surface area contributed by atoms with Gasteiger partial charge in [-0.1, -0.05) is 0 Å². The highest BCUT2D eigenvalue weighted by atomic mass is 32.2. The normalized spacial score (nSPS) is 19.0. The molecule has 0 aromatic heterocycles. The first-order chi connectivity index (χ1) is 13.5. The maximum absolute atomic E-state index is 13.3. The van der Waals surface area contributed by atoms with Gasteiger partial charge in [-0.15, -0.1) is 0 Å². The van der Waals surface area contributed by atoms with Gasteiger partial charge in [0.15, 0.2) is 23.0 Å². The Morgan fingerprint density at radius 3 is 2.39 bits per heavy atom. The van der Waals surface area contributed by atoms with Crippen molar-refractivity contribution in [3.8, 4) is 23.0 Å². The number of rotatable bonds is 4. The summed E-state index contributed by atoms with van der Waals surface area (Å²) in [6, 6.07) is 8.23. The van der Waals surface area contributed by atoms with E-state index in [4.69, 9.17) is 18.9 Å². The van der Waals surface area contributed by atoms with Gasteiger partial charge in [0.2, 0.25) is 10.0 Å². The molecule has 2 aliphatic rings. The first kappa shape index (κ1) is 18.9. The fraction of sp³-hybridized carbons (Fsp3) is 0.400. The number of hydrogen-bond acceptors (Lipinski definition) is 6. The first-order valence-electron chi connectivity index (χ1n) is 9.12. The molecule has 0 saturated carbocycles. The molecule has 7 nitrogen and oxygen atoms in total. The smallest absolute Gasteiger partial charge is 0.243 e. The summed E-state index contributed by atoms with van der Waals surface area (Å²) in [6.07, 6.45) is 0.601. The van der Waals surface area contributed by atoms with Crippen LogP contribution in [-0.4, -0.2) is 46.7 Å². The van der Waals surface area contributed by atoms with Crippen LogP contribution in [0.3, 0.4) is 0 Å². The molecule has 2 aliphatic heterocycles. The monoisotopic (exact) mass is 405 g/mol. The molecule has 4 rings (SSSR count). The summed E-state index contributed by atoms with van der Waals surface area (Å²) in [5.74, 6) is 2.27. The van der Waals surface area contributed by atoms with Gasteiger partial charge in [0.05, 0.1) is 19.1 Å². The van der Waals surface area contributed by atoms with Crippen LogP contribution >= 0.6 is 0 Å². The van der Waals surface area contributed by atoms with E-state index in [9.17, 15) is 8.42 Å². The number of methoxy groups -OCH3 is 2. The summed E-state index contributed by atoms with van der Waals surface area (Å²) in [4.78, 5) is 0.201. The molecule has 0 bridgehead atoms. The van der Waals surface area contributed by atoms with Gasteiger partial charge >= 0.3 is 0 Å². The first-order valence-corrected chi connectivity index (χ1v) is 10.6. The van der Waals surface area contributed by atoms with E-state index < -0.39 is 10.0 Å². The molecule has 2 heterocycles. The zero-order valence-electron chi connectivity index (χ0n) is 16.1. The topological polar surface area (TPSA) is 74.3 Å². The Labute approximate surface area is 164 Å². The Morgan fingerprint density at radius 1 is 1.00 bits per heavy atom. The van der Waals surface area contributed by atoms with Crippen LogP contribution in [0.25, 0.3) is 0 Å². The summed E-state index contributed by atoms with van der Waals surface area (Å²) >= 11 is 0. The zero-order valence-corrected chi connectivity index (χ0v) is 16.9. The molecule has 2 aromatic rings. The van der Waals surface area contributed by atoms with Crippen LogP contribution in [0.15, 0.2) is 35.2 Å². The van der Waals surface area contributed by atoms with E-state index in [0.717, 1.165) is 11.1 Å². The number of sulfonamides is 1. The highest BCUT2D eigenvalue weighted by molar-refractivity contribution is 7.89. The zero-order chi connectivity index (χ0) is 19.9. The highest BCUT2D eigenvalue weighted by Gasteiger charge is 2.35. The van der Waals surface area contributed by atoms with E-state index in [1.54, 1.807) is 32.4 Å². The van der Waals surface area contributed by atoms with Crippen molar-refractivity contribution in [2.24, 2.45) is 0 Å². The lowest BCUT2D eigenvalue weighted by molar-refractivity contribution is 0.171. The van der Waals surface area contributed by atoms with Gasteiger partial charge in [-0.2, -0.15) is 4.31 Å². The standard InChI is InChI=1S/C20H23NO6S/c1-13-16-12-19(25-3)18(24-2)10-14(16)6-7-21(13)28(22,23)15-4-5-17-20(11-15)27-9-8-26-17/h4-5,10-13H,6-9H2,1-3H3. The Hall–Kier alpha value is -2.45. The van der Waals surface area contributed by atoms with Gasteiger partial charge in [0.25, 0.3) is 0 Å². The molecule has 0 aliphatic carbocycles. The van der Waals surface area contributed by atoms with Gasteiger partial charge in [0.1, 0.15) is 13.2 Å². The molecule has 0 amide bonds. The third-order valence-electron chi connectivity index (χ3n) is 5.25. The average Bonchev–Trinajstić information content (AvgIpc) is 2.72. The summed E-state index contributed by atoms with van der Waals surface area (Å²) in [5, 5.41) is 0. The van der Waals surface area contributed by atoms with Crippen LogP contribution in [0.4, 0.5) is 0 Å². The third-order valence-corrected chi connectivity index (χ3v) is 7.22. The maximum Gasteiger partial charge on any atom is 0.243 e. The molecule has 8 heteroatoms. The van der Waals surface area contributed by atoms with Crippen molar-refractivity contribution in [3.63, 3.8) is 0 Å². The quantitative estimate of drug-likeness (QED) is 0.779. The van der Waals surface area contributed by atoms with Crippen LogP contribution in [0.2, 0.25) is 0 Å². The third kappa shape index (κ3) is 3.06. The minimum Gasteiger partial charge on any atom is -0.493 e. The summed E-state index contributed by atoms with van der Waals surface area (Å²) in [5.41, 5.74) is 1.99. The van der Waals surface area contributed by atoms with Crippen molar-refractivity contribution in [1.82, 2.24) is 4.31 Å². The molecular formula is C20H23NO6S. The molecule has 150 valence electrons. The Kier molecular flexibility index (Phi) is 4.84. The lowest BCUT2D eigenvalue weighted by Crippen LogP contribution is -2.38. The van der Waals surface area contributed by atoms with Crippen LogP contribution in [-0.2, 0) is 16.4 Å². The van der Waals surface area contributed by atoms with Crippen molar-refractivity contribution < 1.29 is 27.4 Å². The lowest BCUT2D eigenvalue weighted by Gasteiger charge is -2.35. The minimum atomic E-state index is -3.70. The number of benzene rings is 2. The van der Waals surface area contributed by atoms with E-state index in [0.29, 0.717) is 49.2 Å². The van der Waals surface area contributed by atoms with E-state index in [1.165, 1.54) is 4.31 Å². The molecule has 1 atom stereocenters. The SMILES string of the molecule is COc1cc2c(cc1OC)C(C)N(S(=O)(=O)c1ccc3c(c1)OCCO3)CC2. The van der Waals surface area contributed by atoms with Gasteiger partial charge < -0.3 is 18.9 Å². The summed E-state index contributed by atoms with van der Waals surface area (Å²) in [7, 11) is -0.534. The second-order valence-corrected chi connectivity index (χ2v) is 8.64. The molecule has 2 aromatic carbocycles. The van der Waals surface area contributed by atoms with Crippen molar-refractivity contribution in [3.05, 3.63) is 41.5 Å². The minimum absolute atomic E-state index is 0.201. The van der Waals surface area contributed by atoms with E-state index in [2.05, 4.69) is 0 Å². The van der Waals surface area contributed by atoms with E-state index >= 15 is 0 Å². The fourth-order valence-corrected chi connectivity index (χ4v) is 5.40. The van der Waals surface area contributed by atoms with E-state index in [1.807, 2.05) is 19.1 Å². The Bertz CT molecular complexity index is 1000. The maximum atomic E-state index is 13.3. The van der Waals surface area contributed by atoms with Crippen LogP contribution in [0.5, 0.6) is 23.0 Å². The number of ether oxygens (including phenoxy) is 4. The highest BCUT2D eigenvalue weighted by Crippen LogP contribution is 2.41. The molecule has 0 radical (unpaired) electrons. The largest absolute Gasteiger partial charge is 0.493 e. The van der Waals surface area contributed by atoms with Gasteiger partial charge in [-0.25, -0.2) is 8.42 Å². The van der Waals surface area contributed by atoms with Crippen LogP contribution in [0, 0.1) is 0 Å². The molecule has 1 unspecified atom stereocenters. The number of hydrogen-bond donors (Lipinski definition) is 0. The number of fused-ring (bicyclic) bond motifs is 2. The summed E-state index contributed by atoms with van der Waals surface area (Å²) in [6.45, 7) is 3.15. The van der Waals surface area contributed by atoms with Crippen molar-refractivity contribution >= 4 is 10.0 Å². The molecule has 0 spiro atoms. The van der Waals surface area contributed by atoms with Crippen molar-refractivity contribution in [1.29, 1.82) is 0 Å². The lowest BCUT2D eigenvalue weighted by atomic mass is 9.94. The molecule has 0 saturated heterocycles. The summed E-state index contributed by atoms with van der Waals surface area (Å²) < 4.78 is 50.0. The van der Waals surface area contributed by atoms with Gasteiger partial charge in [0, 0.05) is 18.7 Å². The van der Waals surface area contributed by atoms with Crippen molar-refractivity contribution in [2.75, 3.05) is 34.0 Å². The Balaban J connectivity index is 1.70. The van der Waals surface area contributed by atoms with E-state index in [-0.39, 0.29) is 10.9 Å². The second-order valence-electron chi connectivity index (χ2n) is 6.75. The predicted molar refractivity (Wildman–Crippen MR) is 103 cm³/mol. The average molecular weight is 405 g/mol. The molecule has 0 fully saturated rings. The molecule has 0 N–H and O–H groups in total. The van der Waals surface area contributed by atoms with Crippen LogP contribution in [0.1, 0.15) is 24.1 Å². The molecule has 28 heavy (non-hydrogen) atoms. The Morgan fingerprint density at radius 2 is 1.68 bits per heavy atom. The van der Waals surface area contributed by atoms with Crippen molar-refractivity contribution in [2.45, 2.75) is 24.3 Å². The van der Waals surface area contributed by atoms with Gasteiger partial charge in [-0.05, 0) is 48.7 Å². The predicted octanol–water partition coefficient (Wildman–Crippen LogP) is 2.78. The molecular weight excluding hydrogens is 382 g/mol. The van der Waals surface area contributed by atoms with Gasteiger partial charge in [-0.3, -0.25) is 0 Å². The second kappa shape index (κ2) is 7.18.